The third-order valence-corrected chi connectivity index (χ3v) is 4.33. The second-order valence-electron chi connectivity index (χ2n) is 6.38. The molecule has 2 aromatic carbocycles. The lowest BCUT2D eigenvalue weighted by molar-refractivity contribution is -0.164. The SMILES string of the molecule is [2H]C([2H])([2H])Oc1ccc(F)cc1C(=O)Nc1ccc(-c2nn(C(C([2H])([2H])[2H])C(F)(F)F)c(N)c2C#N)cc1. The molecule has 166 valence electrons. The lowest BCUT2D eigenvalue weighted by Gasteiger charge is -2.17. The minimum absolute atomic E-state index is 0.0347. The summed E-state index contributed by atoms with van der Waals surface area (Å²) in [5.74, 6) is -2.98. The summed E-state index contributed by atoms with van der Waals surface area (Å²) >= 11 is 0. The standard InChI is InChI=1S/C21H17F4N5O2/c1-11(21(23,24)25)30-19(27)16(10-26)18(29-30)12-3-6-14(7-4-12)28-20(31)15-9-13(22)5-8-17(15)32-2/h3-9,11H,27H2,1-2H3,(H,28,31)/i1D3,2D3. The summed E-state index contributed by atoms with van der Waals surface area (Å²) in [6.45, 7) is -3.57. The van der Waals surface area contributed by atoms with Crippen LogP contribution < -0.4 is 15.8 Å². The van der Waals surface area contributed by atoms with Crippen molar-refractivity contribution >= 4 is 17.4 Å². The van der Waals surface area contributed by atoms with Gasteiger partial charge in [-0.15, -0.1) is 0 Å². The fraction of sp³-hybridized carbons (Fsp3) is 0.190. The number of nitrogens with two attached hydrogens (primary N) is 1. The monoisotopic (exact) mass is 453 g/mol. The predicted octanol–water partition coefficient (Wildman–Crippen LogP) is 4.53. The number of hydrogen-bond donors (Lipinski definition) is 2. The highest BCUT2D eigenvalue weighted by Crippen LogP contribution is 2.35. The molecule has 1 unspecified atom stereocenters. The number of ether oxygens (including phenoxy) is 1. The molecule has 0 aliphatic heterocycles. The van der Waals surface area contributed by atoms with E-state index in [1.54, 1.807) is 6.07 Å². The smallest absolute Gasteiger partial charge is 0.410 e. The molecule has 0 bridgehead atoms. The maximum absolute atomic E-state index is 13.7. The fourth-order valence-corrected chi connectivity index (χ4v) is 2.77. The Hall–Kier alpha value is -4.07. The van der Waals surface area contributed by atoms with Crippen LogP contribution >= 0.6 is 0 Å². The van der Waals surface area contributed by atoms with Crippen LogP contribution in [0.25, 0.3) is 11.3 Å². The molecule has 3 rings (SSSR count). The number of halogens is 4. The molecular weight excluding hydrogens is 430 g/mol. The van der Waals surface area contributed by atoms with Crippen LogP contribution in [0.1, 0.15) is 37.0 Å². The molecular formula is C21H17F4N5O2. The molecule has 0 aliphatic rings. The van der Waals surface area contributed by atoms with Crippen LogP contribution in [-0.2, 0) is 0 Å². The minimum Gasteiger partial charge on any atom is -0.496 e. The van der Waals surface area contributed by atoms with Crippen molar-refractivity contribution in [2.75, 3.05) is 18.1 Å². The van der Waals surface area contributed by atoms with E-state index in [1.807, 2.05) is 0 Å². The van der Waals surface area contributed by atoms with Crippen LogP contribution in [-0.4, -0.2) is 28.9 Å². The fourth-order valence-electron chi connectivity index (χ4n) is 2.77. The van der Waals surface area contributed by atoms with Crippen molar-refractivity contribution in [2.45, 2.75) is 19.1 Å². The van der Waals surface area contributed by atoms with E-state index in [9.17, 15) is 27.6 Å². The van der Waals surface area contributed by atoms with Crippen LogP contribution in [0.15, 0.2) is 42.5 Å². The zero-order chi connectivity index (χ0) is 28.6. The molecule has 1 aromatic heterocycles. The number of alkyl halides is 3. The van der Waals surface area contributed by atoms with Gasteiger partial charge in [0.25, 0.3) is 5.91 Å². The number of benzene rings is 2. The number of nitrogens with zero attached hydrogens (tertiary/aromatic N) is 3. The Kier molecular flexibility index (Phi) is 4.21. The van der Waals surface area contributed by atoms with Gasteiger partial charge in [-0.05, 0) is 37.2 Å². The van der Waals surface area contributed by atoms with Gasteiger partial charge in [-0.25, -0.2) is 9.07 Å². The summed E-state index contributed by atoms with van der Waals surface area (Å²) in [6, 6.07) is 6.18. The first-order valence-electron chi connectivity index (χ1n) is 11.7. The largest absolute Gasteiger partial charge is 0.496 e. The molecule has 11 heteroatoms. The van der Waals surface area contributed by atoms with Gasteiger partial charge in [-0.3, -0.25) is 4.79 Å². The number of hydrogen-bond acceptors (Lipinski definition) is 5. The van der Waals surface area contributed by atoms with E-state index >= 15 is 0 Å². The number of anilines is 2. The second kappa shape index (κ2) is 8.58. The van der Waals surface area contributed by atoms with Crippen molar-refractivity contribution in [1.29, 1.82) is 5.26 Å². The number of methoxy groups -OCH3 is 1. The van der Waals surface area contributed by atoms with Crippen molar-refractivity contribution in [3.8, 4) is 23.1 Å². The van der Waals surface area contributed by atoms with Gasteiger partial charge in [-0.1, -0.05) is 12.1 Å². The van der Waals surface area contributed by atoms with Crippen molar-refractivity contribution in [3.05, 3.63) is 59.4 Å². The van der Waals surface area contributed by atoms with E-state index in [0.29, 0.717) is 0 Å². The number of nitriles is 1. The second-order valence-corrected chi connectivity index (χ2v) is 6.38. The van der Waals surface area contributed by atoms with E-state index in [0.717, 1.165) is 18.2 Å². The Morgan fingerprint density at radius 2 is 2.03 bits per heavy atom. The normalized spacial score (nSPS) is 15.7. The van der Waals surface area contributed by atoms with Crippen LogP contribution in [0.5, 0.6) is 5.75 Å². The first-order chi connectivity index (χ1) is 17.4. The van der Waals surface area contributed by atoms with E-state index in [-0.39, 0.29) is 21.6 Å². The molecule has 1 amide bonds. The molecule has 0 radical (unpaired) electrons. The average Bonchev–Trinajstić information content (AvgIpc) is 3.08. The van der Waals surface area contributed by atoms with Gasteiger partial charge in [0.2, 0.25) is 0 Å². The van der Waals surface area contributed by atoms with Crippen LogP contribution in [0, 0.1) is 17.1 Å². The lowest BCUT2D eigenvalue weighted by Crippen LogP contribution is -2.25. The van der Waals surface area contributed by atoms with Gasteiger partial charge >= 0.3 is 6.18 Å². The molecule has 0 aliphatic carbocycles. The Morgan fingerprint density at radius 3 is 2.62 bits per heavy atom. The topological polar surface area (TPSA) is 106 Å². The molecule has 0 saturated carbocycles. The summed E-state index contributed by atoms with van der Waals surface area (Å²) in [5.41, 5.74) is 4.56. The third kappa shape index (κ3) is 4.34. The van der Waals surface area contributed by atoms with E-state index in [2.05, 4.69) is 10.4 Å². The molecule has 0 fully saturated rings. The van der Waals surface area contributed by atoms with E-state index < -0.39 is 60.5 Å². The minimum atomic E-state index is -5.26. The number of nitrogen functional groups attached to an aromatic ring is 1. The summed E-state index contributed by atoms with van der Waals surface area (Å²) in [7, 11) is -2.91. The zero-order valence-electron chi connectivity index (χ0n) is 21.9. The first kappa shape index (κ1) is 15.7. The van der Waals surface area contributed by atoms with Gasteiger partial charge in [0.05, 0.1) is 16.7 Å². The molecule has 0 spiro atoms. The Balaban J connectivity index is 1.94. The zero-order valence-corrected chi connectivity index (χ0v) is 15.9. The van der Waals surface area contributed by atoms with Gasteiger partial charge in [0, 0.05) is 15.4 Å². The van der Waals surface area contributed by atoms with E-state index in [1.165, 1.54) is 24.3 Å². The highest BCUT2D eigenvalue weighted by atomic mass is 19.4. The predicted molar refractivity (Wildman–Crippen MR) is 108 cm³/mol. The molecule has 1 heterocycles. The maximum atomic E-state index is 13.7. The van der Waals surface area contributed by atoms with Gasteiger partial charge in [-0.2, -0.15) is 23.5 Å². The summed E-state index contributed by atoms with van der Waals surface area (Å²) in [5, 5.41) is 15.5. The number of amides is 1. The Bertz CT molecular complexity index is 1380. The number of rotatable bonds is 5. The maximum Gasteiger partial charge on any atom is 0.410 e. The van der Waals surface area contributed by atoms with Gasteiger partial charge < -0.3 is 15.8 Å². The molecule has 32 heavy (non-hydrogen) atoms. The summed E-state index contributed by atoms with van der Waals surface area (Å²) < 4.78 is 102. The van der Waals surface area contributed by atoms with E-state index in [4.69, 9.17) is 18.7 Å². The number of nitrogens with one attached hydrogen (secondary N) is 1. The van der Waals surface area contributed by atoms with Crippen molar-refractivity contribution in [1.82, 2.24) is 9.78 Å². The Labute approximate surface area is 188 Å². The van der Waals surface area contributed by atoms with Crippen LogP contribution in [0.4, 0.5) is 29.1 Å². The first-order valence-corrected chi connectivity index (χ1v) is 8.67. The number of carbonyl (C=O) groups is 1. The number of carbonyl (C=O) groups excluding carboxylic acids is 1. The van der Waals surface area contributed by atoms with Crippen LogP contribution in [0.3, 0.4) is 0 Å². The quantitative estimate of drug-likeness (QED) is 0.553. The highest BCUT2D eigenvalue weighted by Gasteiger charge is 2.40. The summed E-state index contributed by atoms with van der Waals surface area (Å²) in [6.07, 6.45) is -5.26. The van der Waals surface area contributed by atoms with Crippen molar-refractivity contribution < 1.29 is 35.3 Å². The van der Waals surface area contributed by atoms with Crippen LogP contribution in [0.2, 0.25) is 0 Å². The highest BCUT2D eigenvalue weighted by molar-refractivity contribution is 6.06. The number of aromatic nitrogens is 2. The molecule has 0 saturated heterocycles. The average molecular weight is 453 g/mol. The molecule has 3 N–H and O–H groups in total. The lowest BCUT2D eigenvalue weighted by atomic mass is 10.1. The molecule has 1 atom stereocenters. The van der Waals surface area contributed by atoms with Crippen molar-refractivity contribution in [3.63, 3.8) is 0 Å². The third-order valence-electron chi connectivity index (χ3n) is 4.33. The molecule has 7 nitrogen and oxygen atoms in total. The molecule has 3 aromatic rings. The van der Waals surface area contributed by atoms with Crippen molar-refractivity contribution in [2.24, 2.45) is 0 Å². The van der Waals surface area contributed by atoms with Gasteiger partial charge in [0.15, 0.2) is 0 Å². The summed E-state index contributed by atoms with van der Waals surface area (Å²) in [4.78, 5) is 12.7. The van der Waals surface area contributed by atoms with Gasteiger partial charge in [0.1, 0.15) is 40.8 Å². The Morgan fingerprint density at radius 1 is 1.31 bits per heavy atom.